The molecule has 0 saturated carbocycles. The van der Waals surface area contributed by atoms with Crippen molar-refractivity contribution in [3.8, 4) is 0 Å². The molecule has 2 aromatic rings. The van der Waals surface area contributed by atoms with Crippen LogP contribution in [0.3, 0.4) is 0 Å². The van der Waals surface area contributed by atoms with Crippen LogP contribution in [0.4, 0.5) is 4.79 Å². The first kappa shape index (κ1) is 13.1. The summed E-state index contributed by atoms with van der Waals surface area (Å²) in [5.74, 6) is 0.632. The predicted molar refractivity (Wildman–Crippen MR) is 79.7 cm³/mol. The summed E-state index contributed by atoms with van der Waals surface area (Å²) in [5, 5.41) is 5.78. The molecule has 1 aliphatic rings. The molecule has 3 N–H and O–H groups in total. The predicted octanol–water partition coefficient (Wildman–Crippen LogP) is 1.55. The number of carbonyl (C=O) groups is 1. The van der Waals surface area contributed by atoms with Gasteiger partial charge in [-0.05, 0) is 12.1 Å². The molecule has 0 spiro atoms. The third-order valence-electron chi connectivity index (χ3n) is 2.82. The number of hydrogen-bond donors (Lipinski definition) is 2. The van der Waals surface area contributed by atoms with Crippen molar-refractivity contribution in [3.05, 3.63) is 46.7 Å². The Bertz CT molecular complexity index is 643. The molecule has 3 rings (SSSR count). The van der Waals surface area contributed by atoms with Gasteiger partial charge in [0.15, 0.2) is 10.7 Å². The van der Waals surface area contributed by atoms with Crippen LogP contribution < -0.4 is 11.1 Å². The van der Waals surface area contributed by atoms with E-state index in [4.69, 9.17) is 5.73 Å². The lowest BCUT2D eigenvalue weighted by Crippen LogP contribution is -2.33. The minimum Gasteiger partial charge on any atom is -0.351 e. The number of amides is 2. The molecule has 1 aliphatic heterocycles. The van der Waals surface area contributed by atoms with E-state index >= 15 is 0 Å². The number of pyridine rings is 1. The molecule has 0 fully saturated rings. The van der Waals surface area contributed by atoms with Gasteiger partial charge in [-0.15, -0.1) is 11.3 Å². The lowest BCUT2D eigenvalue weighted by atomic mass is 9.99. The smallest absolute Gasteiger partial charge is 0.318 e. The highest BCUT2D eigenvalue weighted by molar-refractivity contribution is 8.14. The zero-order chi connectivity index (χ0) is 14.0. The van der Waals surface area contributed by atoms with Crippen molar-refractivity contribution in [2.75, 3.05) is 5.75 Å². The lowest BCUT2D eigenvalue weighted by molar-refractivity contribution is 0.253. The van der Waals surface area contributed by atoms with E-state index in [0.717, 1.165) is 10.7 Å². The Morgan fingerprint density at radius 1 is 1.35 bits per heavy atom. The molecule has 0 bridgehead atoms. The van der Waals surface area contributed by atoms with E-state index in [0.29, 0.717) is 10.9 Å². The number of aromatic nitrogens is 2. The number of nitrogens with two attached hydrogens (primary N) is 1. The number of rotatable bonds is 2. The molecule has 8 heteroatoms. The molecule has 20 heavy (non-hydrogen) atoms. The molecule has 102 valence electrons. The highest BCUT2D eigenvalue weighted by atomic mass is 32.2. The van der Waals surface area contributed by atoms with Gasteiger partial charge in [0.25, 0.3) is 0 Å². The Morgan fingerprint density at radius 2 is 2.25 bits per heavy atom. The minimum atomic E-state index is -0.655. The van der Waals surface area contributed by atoms with E-state index in [1.807, 2.05) is 23.6 Å². The number of nitrogens with zero attached hydrogens (tertiary/aromatic N) is 3. The Labute approximate surface area is 123 Å². The van der Waals surface area contributed by atoms with Gasteiger partial charge in [0.05, 0.1) is 5.69 Å². The van der Waals surface area contributed by atoms with Gasteiger partial charge in [0, 0.05) is 23.5 Å². The molecule has 1 unspecified atom stereocenters. The first-order chi connectivity index (χ1) is 9.71. The Morgan fingerprint density at radius 3 is 2.90 bits per heavy atom. The number of thioether (sulfide) groups is 1. The fourth-order valence-corrected chi connectivity index (χ4v) is 3.93. The zero-order valence-electron chi connectivity index (χ0n) is 10.3. The van der Waals surface area contributed by atoms with Crippen LogP contribution in [-0.4, -0.2) is 26.9 Å². The standard InChI is InChI=1S/C12H11N5OS2/c13-10(18)16-11-17-12(7-20-11,9-15-5-6-19-9)8-3-1-2-4-14-8/h1-6H,7H2,(H3,13,16,17,18). The highest BCUT2D eigenvalue weighted by Gasteiger charge is 2.43. The number of aliphatic imine (C=N–C) groups is 1. The van der Waals surface area contributed by atoms with Gasteiger partial charge < -0.3 is 5.73 Å². The van der Waals surface area contributed by atoms with Crippen LogP contribution in [0.5, 0.6) is 0 Å². The van der Waals surface area contributed by atoms with Crippen LogP contribution in [-0.2, 0) is 5.54 Å². The summed E-state index contributed by atoms with van der Waals surface area (Å²) in [6.45, 7) is 0. The molecule has 0 radical (unpaired) electrons. The number of nitrogens with one attached hydrogen (secondary N) is 1. The van der Waals surface area contributed by atoms with Crippen molar-refractivity contribution in [1.29, 1.82) is 0 Å². The maximum Gasteiger partial charge on any atom is 0.318 e. The number of primary amides is 1. The van der Waals surface area contributed by atoms with E-state index in [1.54, 1.807) is 12.4 Å². The van der Waals surface area contributed by atoms with Crippen LogP contribution in [0.15, 0.2) is 41.0 Å². The molecular formula is C12H11N5OS2. The van der Waals surface area contributed by atoms with Gasteiger partial charge >= 0.3 is 6.03 Å². The van der Waals surface area contributed by atoms with E-state index in [1.165, 1.54) is 23.1 Å². The van der Waals surface area contributed by atoms with Crippen molar-refractivity contribution in [2.45, 2.75) is 5.54 Å². The number of hydrogen-bond acceptors (Lipinski definition) is 6. The largest absolute Gasteiger partial charge is 0.351 e. The van der Waals surface area contributed by atoms with Crippen molar-refractivity contribution in [1.82, 2.24) is 15.3 Å². The maximum absolute atomic E-state index is 11.0. The summed E-state index contributed by atoms with van der Waals surface area (Å²) < 4.78 is 0. The molecule has 3 heterocycles. The number of amidine groups is 1. The molecule has 2 amide bonds. The monoisotopic (exact) mass is 305 g/mol. The fourth-order valence-electron chi connectivity index (χ4n) is 1.97. The molecular weight excluding hydrogens is 294 g/mol. The Kier molecular flexibility index (Phi) is 3.41. The third kappa shape index (κ3) is 2.27. The number of thiazole rings is 1. The average Bonchev–Trinajstić information content (AvgIpc) is 3.09. The molecule has 0 saturated heterocycles. The van der Waals surface area contributed by atoms with Gasteiger partial charge in [-0.1, -0.05) is 17.8 Å². The Hall–Kier alpha value is -1.93. The summed E-state index contributed by atoms with van der Waals surface area (Å²) in [5.41, 5.74) is 5.30. The van der Waals surface area contributed by atoms with Crippen LogP contribution in [0.2, 0.25) is 0 Å². The van der Waals surface area contributed by atoms with Crippen molar-refractivity contribution in [2.24, 2.45) is 10.7 Å². The van der Waals surface area contributed by atoms with E-state index in [9.17, 15) is 4.79 Å². The highest BCUT2D eigenvalue weighted by Crippen LogP contribution is 2.41. The first-order valence-electron chi connectivity index (χ1n) is 5.81. The van der Waals surface area contributed by atoms with Gasteiger partial charge in [-0.3, -0.25) is 10.3 Å². The van der Waals surface area contributed by atoms with Gasteiger partial charge in [0.2, 0.25) is 0 Å². The van der Waals surface area contributed by atoms with Gasteiger partial charge in [-0.2, -0.15) is 0 Å². The molecule has 6 nitrogen and oxygen atoms in total. The van der Waals surface area contributed by atoms with E-state index < -0.39 is 11.6 Å². The summed E-state index contributed by atoms with van der Waals surface area (Å²) in [4.78, 5) is 24.4. The second-order valence-corrected chi connectivity index (χ2v) is 5.97. The van der Waals surface area contributed by atoms with Crippen LogP contribution >= 0.6 is 23.1 Å². The molecule has 1 atom stereocenters. The zero-order valence-corrected chi connectivity index (χ0v) is 11.9. The quantitative estimate of drug-likeness (QED) is 0.880. The van der Waals surface area contributed by atoms with Crippen molar-refractivity contribution >= 4 is 34.3 Å². The first-order valence-corrected chi connectivity index (χ1v) is 7.68. The molecule has 0 aromatic carbocycles. The number of urea groups is 1. The maximum atomic E-state index is 11.0. The van der Waals surface area contributed by atoms with Crippen LogP contribution in [0.25, 0.3) is 0 Å². The topological polar surface area (TPSA) is 93.3 Å². The molecule has 2 aromatic heterocycles. The van der Waals surface area contributed by atoms with Crippen LogP contribution in [0.1, 0.15) is 10.7 Å². The second kappa shape index (κ2) is 5.22. The summed E-state index contributed by atoms with van der Waals surface area (Å²) >= 11 is 2.95. The SMILES string of the molecule is NC(=O)NC1=NC(c2ccccn2)(c2nccs2)CS1. The summed E-state index contributed by atoms with van der Waals surface area (Å²) in [6.07, 6.45) is 3.47. The third-order valence-corrected chi connectivity index (χ3v) is 4.77. The van der Waals surface area contributed by atoms with Crippen molar-refractivity contribution in [3.63, 3.8) is 0 Å². The van der Waals surface area contributed by atoms with Gasteiger partial charge in [-0.25, -0.2) is 14.8 Å². The lowest BCUT2D eigenvalue weighted by Gasteiger charge is -2.21. The normalized spacial score (nSPS) is 21.5. The van der Waals surface area contributed by atoms with Gasteiger partial charge in [0.1, 0.15) is 5.01 Å². The molecule has 0 aliphatic carbocycles. The summed E-state index contributed by atoms with van der Waals surface area (Å²) in [7, 11) is 0. The second-order valence-electron chi connectivity index (χ2n) is 4.11. The average molecular weight is 305 g/mol. The Balaban J connectivity index is 2.07. The van der Waals surface area contributed by atoms with E-state index in [-0.39, 0.29) is 0 Å². The summed E-state index contributed by atoms with van der Waals surface area (Å²) in [6, 6.07) is 5.07. The van der Waals surface area contributed by atoms with Crippen LogP contribution in [0, 0.1) is 0 Å². The van der Waals surface area contributed by atoms with Crippen molar-refractivity contribution < 1.29 is 4.79 Å². The minimum absolute atomic E-state index is 0.498. The number of carbonyl (C=O) groups excluding carboxylic acids is 1. The fraction of sp³-hybridized carbons (Fsp3) is 0.167. The van der Waals surface area contributed by atoms with E-state index in [2.05, 4.69) is 20.3 Å².